The van der Waals surface area contributed by atoms with Gasteiger partial charge in [0.05, 0.1) is 29.5 Å². The van der Waals surface area contributed by atoms with E-state index >= 15 is 0 Å². The highest BCUT2D eigenvalue weighted by Gasteiger charge is 2.22. The summed E-state index contributed by atoms with van der Waals surface area (Å²) in [6, 6.07) is 9.36. The third-order valence-corrected chi connectivity index (χ3v) is 6.31. The maximum absolute atomic E-state index is 13.0. The number of nitrogen functional groups attached to an aromatic ring is 1. The topological polar surface area (TPSA) is 87.8 Å². The van der Waals surface area contributed by atoms with E-state index in [1.807, 2.05) is 0 Å². The number of hydrogen-bond donors (Lipinski definition) is 3. The van der Waals surface area contributed by atoms with Gasteiger partial charge in [0.1, 0.15) is 11.6 Å². The molecule has 182 valence electrons. The van der Waals surface area contributed by atoms with Crippen molar-refractivity contribution >= 4 is 35.6 Å². The number of amides is 1. The van der Waals surface area contributed by atoms with Gasteiger partial charge in [0, 0.05) is 19.2 Å². The molecule has 0 aromatic heterocycles. The molecule has 1 heterocycles. The lowest BCUT2D eigenvalue weighted by molar-refractivity contribution is 0.0925. The van der Waals surface area contributed by atoms with Gasteiger partial charge in [-0.3, -0.25) is 4.79 Å². The molecule has 6 nitrogen and oxygen atoms in total. The van der Waals surface area contributed by atoms with Gasteiger partial charge in [-0.1, -0.05) is 23.7 Å². The summed E-state index contributed by atoms with van der Waals surface area (Å²) in [4.78, 5) is 14.9. The van der Waals surface area contributed by atoms with Gasteiger partial charge in [0.15, 0.2) is 0 Å². The molecule has 1 aliphatic rings. The number of ether oxygens (including phenoxy) is 1. The molecule has 1 saturated heterocycles. The Morgan fingerprint density at radius 2 is 1.97 bits per heavy atom. The van der Waals surface area contributed by atoms with Crippen molar-refractivity contribution in [2.75, 3.05) is 39.0 Å². The minimum atomic E-state index is -0.445. The number of carbonyl (C=O) groups is 1. The standard InChI is InChI=1S/C24H31ClFN3O3.ClH/c1-32-23-14-22(27)21(25)13-20(23)24(31)28-15-17-6-9-29(10-7-17)11-8-19(30)12-16-2-4-18(26)5-3-16;/h2-5,13-14,17,19,30H,6-12,15,27H2,1H3,(H,28,31);1H. The zero-order valence-electron chi connectivity index (χ0n) is 18.7. The number of aliphatic hydroxyl groups is 1. The molecule has 4 N–H and O–H groups in total. The first-order valence-corrected chi connectivity index (χ1v) is 11.3. The molecule has 33 heavy (non-hydrogen) atoms. The zero-order valence-corrected chi connectivity index (χ0v) is 20.3. The number of anilines is 1. The van der Waals surface area contributed by atoms with Gasteiger partial charge in [0.25, 0.3) is 5.91 Å². The van der Waals surface area contributed by atoms with Crippen molar-refractivity contribution in [2.45, 2.75) is 31.8 Å². The Morgan fingerprint density at radius 3 is 2.61 bits per heavy atom. The summed E-state index contributed by atoms with van der Waals surface area (Å²) >= 11 is 6.06. The van der Waals surface area contributed by atoms with Crippen molar-refractivity contribution in [1.82, 2.24) is 10.2 Å². The summed E-state index contributed by atoms with van der Waals surface area (Å²) in [5.74, 6) is 0.307. The van der Waals surface area contributed by atoms with Crippen molar-refractivity contribution in [3.05, 3.63) is 58.4 Å². The molecule has 3 rings (SSSR count). The van der Waals surface area contributed by atoms with Crippen LogP contribution in [0, 0.1) is 11.7 Å². The van der Waals surface area contributed by atoms with E-state index in [-0.39, 0.29) is 24.1 Å². The lowest BCUT2D eigenvalue weighted by Crippen LogP contribution is -2.39. The molecule has 0 saturated carbocycles. The van der Waals surface area contributed by atoms with Crippen LogP contribution in [0.15, 0.2) is 36.4 Å². The predicted octanol–water partition coefficient (Wildman–Crippen LogP) is 3.93. The number of halogens is 3. The number of aliphatic hydroxyl groups excluding tert-OH is 1. The largest absolute Gasteiger partial charge is 0.496 e. The second-order valence-corrected chi connectivity index (χ2v) is 8.75. The lowest BCUT2D eigenvalue weighted by Gasteiger charge is -2.32. The summed E-state index contributed by atoms with van der Waals surface area (Å²) in [7, 11) is 1.49. The van der Waals surface area contributed by atoms with E-state index in [4.69, 9.17) is 22.1 Å². The van der Waals surface area contributed by atoms with Crippen LogP contribution in [0.4, 0.5) is 10.1 Å². The molecule has 0 bridgehead atoms. The smallest absolute Gasteiger partial charge is 0.255 e. The second kappa shape index (κ2) is 13.0. The van der Waals surface area contributed by atoms with Gasteiger partial charge >= 0.3 is 0 Å². The van der Waals surface area contributed by atoms with E-state index in [0.717, 1.165) is 38.0 Å². The molecule has 9 heteroatoms. The van der Waals surface area contributed by atoms with Crippen molar-refractivity contribution in [3.8, 4) is 5.75 Å². The normalized spacial score (nSPS) is 15.5. The van der Waals surface area contributed by atoms with Gasteiger partial charge < -0.3 is 25.8 Å². The average Bonchev–Trinajstić information content (AvgIpc) is 2.79. The number of benzene rings is 2. The Bertz CT molecular complexity index is 907. The van der Waals surface area contributed by atoms with Crippen LogP contribution in [0.1, 0.15) is 35.2 Å². The van der Waals surface area contributed by atoms with Crippen molar-refractivity contribution in [1.29, 1.82) is 0 Å². The summed E-state index contributed by atoms with van der Waals surface area (Å²) in [5.41, 5.74) is 7.46. The number of rotatable bonds is 9. The highest BCUT2D eigenvalue weighted by Crippen LogP contribution is 2.29. The number of likely N-dealkylation sites (tertiary alicyclic amines) is 1. The maximum atomic E-state index is 13.0. The van der Waals surface area contributed by atoms with Crippen molar-refractivity contribution < 1.29 is 19.0 Å². The van der Waals surface area contributed by atoms with Gasteiger partial charge in [-0.2, -0.15) is 0 Å². The fourth-order valence-electron chi connectivity index (χ4n) is 3.99. The molecular formula is C24H32Cl2FN3O3. The number of carbonyl (C=O) groups excluding carboxylic acids is 1. The van der Waals surface area contributed by atoms with Crippen LogP contribution < -0.4 is 15.8 Å². The number of hydrogen-bond acceptors (Lipinski definition) is 5. The van der Waals surface area contributed by atoms with Crippen molar-refractivity contribution in [2.24, 2.45) is 5.92 Å². The quantitative estimate of drug-likeness (QED) is 0.455. The predicted molar refractivity (Wildman–Crippen MR) is 132 cm³/mol. The van der Waals surface area contributed by atoms with E-state index < -0.39 is 6.10 Å². The van der Waals surface area contributed by atoms with E-state index in [2.05, 4.69) is 10.2 Å². The van der Waals surface area contributed by atoms with E-state index in [1.54, 1.807) is 18.2 Å². The number of nitrogens with two attached hydrogens (primary N) is 1. The van der Waals surface area contributed by atoms with Gasteiger partial charge in [-0.15, -0.1) is 12.4 Å². The SMILES string of the molecule is COc1cc(N)c(Cl)cc1C(=O)NCC1CCN(CCC(O)Cc2ccc(F)cc2)CC1.Cl. The minimum absolute atomic E-state index is 0. The number of nitrogens with one attached hydrogen (secondary N) is 1. The Kier molecular flexibility index (Phi) is 10.7. The number of piperidine rings is 1. The zero-order chi connectivity index (χ0) is 23.1. The van der Waals surface area contributed by atoms with Crippen LogP contribution in [0.2, 0.25) is 5.02 Å². The van der Waals surface area contributed by atoms with Crippen LogP contribution in [-0.2, 0) is 6.42 Å². The third kappa shape index (κ3) is 8.03. The van der Waals surface area contributed by atoms with Crippen LogP contribution in [0.5, 0.6) is 5.75 Å². The Balaban J connectivity index is 0.00000385. The molecule has 2 aromatic rings. The molecule has 0 spiro atoms. The van der Waals surface area contributed by atoms with Crippen molar-refractivity contribution in [3.63, 3.8) is 0 Å². The second-order valence-electron chi connectivity index (χ2n) is 8.34. The summed E-state index contributed by atoms with van der Waals surface area (Å²) in [6.45, 7) is 3.27. The van der Waals surface area contributed by atoms with Crippen LogP contribution in [0.25, 0.3) is 0 Å². The van der Waals surface area contributed by atoms with Crippen LogP contribution in [-0.4, -0.2) is 55.3 Å². The molecular weight excluding hydrogens is 468 g/mol. The monoisotopic (exact) mass is 499 g/mol. The molecule has 0 aliphatic carbocycles. The molecule has 1 unspecified atom stereocenters. The minimum Gasteiger partial charge on any atom is -0.496 e. The van der Waals surface area contributed by atoms with Gasteiger partial charge in [-0.25, -0.2) is 4.39 Å². The fraction of sp³-hybridized carbons (Fsp3) is 0.458. The third-order valence-electron chi connectivity index (χ3n) is 5.99. The first-order valence-electron chi connectivity index (χ1n) is 10.9. The lowest BCUT2D eigenvalue weighted by atomic mass is 9.96. The summed E-state index contributed by atoms with van der Waals surface area (Å²) in [5, 5.41) is 13.6. The average molecular weight is 500 g/mol. The van der Waals surface area contributed by atoms with Crippen LogP contribution >= 0.6 is 24.0 Å². The van der Waals surface area contributed by atoms with E-state index in [9.17, 15) is 14.3 Å². The maximum Gasteiger partial charge on any atom is 0.255 e. The highest BCUT2D eigenvalue weighted by molar-refractivity contribution is 6.33. The molecule has 2 aromatic carbocycles. The van der Waals surface area contributed by atoms with Gasteiger partial charge in [0.2, 0.25) is 0 Å². The molecule has 1 aliphatic heterocycles. The van der Waals surface area contributed by atoms with Crippen LogP contribution in [0.3, 0.4) is 0 Å². The Labute approximate surface area is 205 Å². The highest BCUT2D eigenvalue weighted by atomic mass is 35.5. The number of nitrogens with zero attached hydrogens (tertiary/aromatic N) is 1. The fourth-order valence-corrected chi connectivity index (χ4v) is 4.15. The molecule has 1 amide bonds. The molecule has 1 fully saturated rings. The summed E-state index contributed by atoms with van der Waals surface area (Å²) < 4.78 is 18.2. The molecule has 0 radical (unpaired) electrons. The first-order chi connectivity index (χ1) is 15.4. The van der Waals surface area contributed by atoms with Gasteiger partial charge in [-0.05, 0) is 68.5 Å². The molecule has 1 atom stereocenters. The van der Waals surface area contributed by atoms with E-state index in [0.29, 0.717) is 47.3 Å². The Hall–Kier alpha value is -2.06. The summed E-state index contributed by atoms with van der Waals surface area (Å²) in [6.07, 6.45) is 2.72. The number of methoxy groups -OCH3 is 1. The Morgan fingerprint density at radius 1 is 1.30 bits per heavy atom. The first kappa shape index (κ1) is 27.2. The van der Waals surface area contributed by atoms with E-state index in [1.165, 1.54) is 25.3 Å².